The summed E-state index contributed by atoms with van der Waals surface area (Å²) in [5.74, 6) is 0.876. The topological polar surface area (TPSA) is 15.3 Å². The van der Waals surface area contributed by atoms with Crippen LogP contribution in [0.4, 0.5) is 0 Å². The molecule has 1 rings (SSSR count). The number of hydrogen-bond acceptors (Lipinski definition) is 2. The molecular formula is C15H32N2. The zero-order valence-electron chi connectivity index (χ0n) is 12.3. The lowest BCUT2D eigenvalue weighted by Gasteiger charge is -2.18. The highest BCUT2D eigenvalue weighted by Crippen LogP contribution is 2.13. The molecule has 2 nitrogen and oxygen atoms in total. The van der Waals surface area contributed by atoms with Gasteiger partial charge in [-0.25, -0.2) is 0 Å². The second kappa shape index (κ2) is 8.10. The highest BCUT2D eigenvalue weighted by molar-refractivity contribution is 4.81. The molecule has 1 N–H and O–H groups in total. The fraction of sp³-hybridized carbons (Fsp3) is 1.00. The first-order chi connectivity index (χ1) is 8.08. The van der Waals surface area contributed by atoms with Crippen molar-refractivity contribution in [2.75, 3.05) is 19.6 Å². The van der Waals surface area contributed by atoms with Crippen molar-refractivity contribution in [3.63, 3.8) is 0 Å². The van der Waals surface area contributed by atoms with E-state index in [2.05, 4.69) is 37.9 Å². The number of unbranched alkanes of at least 4 members (excludes halogenated alkanes) is 2. The van der Waals surface area contributed by atoms with Crippen molar-refractivity contribution < 1.29 is 0 Å². The van der Waals surface area contributed by atoms with Gasteiger partial charge in [0.2, 0.25) is 0 Å². The van der Waals surface area contributed by atoms with E-state index >= 15 is 0 Å². The molecule has 1 saturated heterocycles. The van der Waals surface area contributed by atoms with Crippen LogP contribution in [-0.4, -0.2) is 36.6 Å². The van der Waals surface area contributed by atoms with Crippen LogP contribution in [0, 0.1) is 5.92 Å². The molecule has 0 unspecified atom stereocenters. The molecule has 2 heteroatoms. The molecule has 0 aromatic carbocycles. The van der Waals surface area contributed by atoms with E-state index in [0.717, 1.165) is 12.0 Å². The normalized spacial score (nSPS) is 21.9. The van der Waals surface area contributed by atoms with Crippen LogP contribution in [0.15, 0.2) is 0 Å². The van der Waals surface area contributed by atoms with Gasteiger partial charge in [0.25, 0.3) is 0 Å². The van der Waals surface area contributed by atoms with Gasteiger partial charge in [-0.05, 0) is 31.8 Å². The van der Waals surface area contributed by atoms with Gasteiger partial charge in [-0.3, -0.25) is 0 Å². The van der Waals surface area contributed by atoms with E-state index in [0.29, 0.717) is 6.04 Å². The lowest BCUT2D eigenvalue weighted by atomic mass is 10.1. The zero-order valence-corrected chi connectivity index (χ0v) is 12.3. The highest BCUT2D eigenvalue weighted by atomic mass is 15.2. The van der Waals surface area contributed by atoms with Crippen molar-refractivity contribution in [2.45, 2.75) is 71.9 Å². The van der Waals surface area contributed by atoms with Crippen molar-refractivity contribution in [1.82, 2.24) is 10.2 Å². The number of rotatable bonds is 8. The van der Waals surface area contributed by atoms with Gasteiger partial charge in [0, 0.05) is 18.6 Å². The van der Waals surface area contributed by atoms with E-state index in [1.807, 2.05) is 0 Å². The molecular weight excluding hydrogens is 208 g/mol. The first kappa shape index (κ1) is 15.0. The van der Waals surface area contributed by atoms with Crippen LogP contribution in [0.3, 0.4) is 0 Å². The number of nitrogens with zero attached hydrogens (tertiary/aromatic N) is 1. The summed E-state index contributed by atoms with van der Waals surface area (Å²) in [6, 6.07) is 1.37. The molecule has 17 heavy (non-hydrogen) atoms. The summed E-state index contributed by atoms with van der Waals surface area (Å²) in [6.07, 6.45) is 6.96. The number of hydrogen-bond donors (Lipinski definition) is 1. The molecule has 102 valence electrons. The van der Waals surface area contributed by atoms with Crippen LogP contribution in [0.2, 0.25) is 0 Å². The standard InChI is InChI=1S/C15H32N2/c1-13(2)8-6-5-7-10-17-11-9-15(12-17)16-14(3)4/h13-16H,5-12H2,1-4H3/t15-/m0/s1. The third kappa shape index (κ3) is 7.05. The maximum atomic E-state index is 3.65. The van der Waals surface area contributed by atoms with E-state index < -0.39 is 0 Å². The molecule has 0 saturated carbocycles. The number of likely N-dealkylation sites (tertiary alicyclic amines) is 1. The molecule has 0 amide bonds. The first-order valence-corrected chi connectivity index (χ1v) is 7.56. The molecule has 1 atom stereocenters. The average molecular weight is 240 g/mol. The summed E-state index contributed by atoms with van der Waals surface area (Å²) in [7, 11) is 0. The van der Waals surface area contributed by atoms with Gasteiger partial charge < -0.3 is 10.2 Å². The Bertz CT molecular complexity index is 189. The van der Waals surface area contributed by atoms with E-state index in [1.54, 1.807) is 0 Å². The summed E-state index contributed by atoms with van der Waals surface area (Å²) < 4.78 is 0. The van der Waals surface area contributed by atoms with Crippen LogP contribution in [0.1, 0.15) is 59.8 Å². The maximum Gasteiger partial charge on any atom is 0.0209 e. The minimum Gasteiger partial charge on any atom is -0.310 e. The SMILES string of the molecule is CC(C)CCCCCN1CC[C@H](NC(C)C)C1. The molecule has 0 spiro atoms. The first-order valence-electron chi connectivity index (χ1n) is 7.56. The third-order valence-electron chi connectivity index (χ3n) is 3.60. The summed E-state index contributed by atoms with van der Waals surface area (Å²) in [6.45, 7) is 13.0. The van der Waals surface area contributed by atoms with Gasteiger partial charge in [0.15, 0.2) is 0 Å². The minimum absolute atomic E-state index is 0.631. The molecule has 1 fully saturated rings. The molecule has 1 aliphatic heterocycles. The predicted octanol–water partition coefficient (Wildman–Crippen LogP) is 3.28. The Morgan fingerprint density at radius 2 is 1.88 bits per heavy atom. The second-order valence-electron chi connectivity index (χ2n) is 6.35. The Morgan fingerprint density at radius 3 is 2.53 bits per heavy atom. The Hall–Kier alpha value is -0.0800. The summed E-state index contributed by atoms with van der Waals surface area (Å²) >= 11 is 0. The van der Waals surface area contributed by atoms with Crippen LogP contribution in [0.5, 0.6) is 0 Å². The fourth-order valence-corrected chi connectivity index (χ4v) is 2.71. The van der Waals surface area contributed by atoms with E-state index in [9.17, 15) is 0 Å². The lowest BCUT2D eigenvalue weighted by Crippen LogP contribution is -2.37. The van der Waals surface area contributed by atoms with Gasteiger partial charge in [-0.2, -0.15) is 0 Å². The molecule has 0 aromatic rings. The quantitative estimate of drug-likeness (QED) is 0.655. The van der Waals surface area contributed by atoms with E-state index in [-0.39, 0.29) is 0 Å². The monoisotopic (exact) mass is 240 g/mol. The maximum absolute atomic E-state index is 3.65. The van der Waals surface area contributed by atoms with Gasteiger partial charge >= 0.3 is 0 Å². The molecule has 1 heterocycles. The van der Waals surface area contributed by atoms with Gasteiger partial charge in [0.05, 0.1) is 0 Å². The van der Waals surface area contributed by atoms with Gasteiger partial charge in [0.1, 0.15) is 0 Å². The summed E-state index contributed by atoms with van der Waals surface area (Å²) in [5.41, 5.74) is 0. The minimum atomic E-state index is 0.631. The Balaban J connectivity index is 1.98. The Morgan fingerprint density at radius 1 is 1.12 bits per heavy atom. The van der Waals surface area contributed by atoms with Crippen molar-refractivity contribution in [3.05, 3.63) is 0 Å². The highest BCUT2D eigenvalue weighted by Gasteiger charge is 2.21. The average Bonchev–Trinajstić information content (AvgIpc) is 2.63. The van der Waals surface area contributed by atoms with Crippen molar-refractivity contribution >= 4 is 0 Å². The van der Waals surface area contributed by atoms with Crippen molar-refractivity contribution in [2.24, 2.45) is 5.92 Å². The third-order valence-corrected chi connectivity index (χ3v) is 3.60. The second-order valence-corrected chi connectivity index (χ2v) is 6.35. The largest absolute Gasteiger partial charge is 0.310 e. The van der Waals surface area contributed by atoms with E-state index in [4.69, 9.17) is 0 Å². The zero-order chi connectivity index (χ0) is 12.7. The van der Waals surface area contributed by atoms with Crippen LogP contribution >= 0.6 is 0 Å². The van der Waals surface area contributed by atoms with Crippen LogP contribution in [0.25, 0.3) is 0 Å². The molecule has 0 aliphatic carbocycles. The van der Waals surface area contributed by atoms with Crippen LogP contribution in [-0.2, 0) is 0 Å². The summed E-state index contributed by atoms with van der Waals surface area (Å²) in [5, 5.41) is 3.65. The van der Waals surface area contributed by atoms with Crippen molar-refractivity contribution in [3.8, 4) is 0 Å². The van der Waals surface area contributed by atoms with Gasteiger partial charge in [-0.15, -0.1) is 0 Å². The fourth-order valence-electron chi connectivity index (χ4n) is 2.71. The number of nitrogens with one attached hydrogen (secondary N) is 1. The Labute approximate surface area is 108 Å². The van der Waals surface area contributed by atoms with Crippen molar-refractivity contribution in [1.29, 1.82) is 0 Å². The molecule has 0 radical (unpaired) electrons. The predicted molar refractivity (Wildman–Crippen MR) is 76.4 cm³/mol. The Kier molecular flexibility index (Phi) is 7.14. The van der Waals surface area contributed by atoms with Crippen LogP contribution < -0.4 is 5.32 Å². The molecule has 0 aromatic heterocycles. The van der Waals surface area contributed by atoms with E-state index in [1.165, 1.54) is 51.7 Å². The smallest absolute Gasteiger partial charge is 0.0209 e. The molecule has 0 bridgehead atoms. The molecule has 1 aliphatic rings. The summed E-state index contributed by atoms with van der Waals surface area (Å²) in [4.78, 5) is 2.63. The lowest BCUT2D eigenvalue weighted by molar-refractivity contribution is 0.313. The van der Waals surface area contributed by atoms with Gasteiger partial charge in [-0.1, -0.05) is 47.0 Å².